The van der Waals surface area contributed by atoms with Gasteiger partial charge in [0.1, 0.15) is 11.5 Å². The van der Waals surface area contributed by atoms with Crippen molar-refractivity contribution in [3.05, 3.63) is 107 Å². The highest BCUT2D eigenvalue weighted by Crippen LogP contribution is 2.27. The molecular weight excluding hydrogens is 436 g/mol. The van der Waals surface area contributed by atoms with Crippen molar-refractivity contribution in [3.63, 3.8) is 0 Å². The summed E-state index contributed by atoms with van der Waals surface area (Å²) in [5.74, 6) is 1.49. The molecule has 0 fully saturated rings. The number of hydrogen-bond acceptors (Lipinski definition) is 4. The molecule has 1 heterocycles. The molecule has 0 aliphatic heterocycles. The molecular formula is C30H34N2O3. The van der Waals surface area contributed by atoms with Crippen LogP contribution < -0.4 is 14.8 Å². The number of methoxy groups -OCH3 is 2. The van der Waals surface area contributed by atoms with E-state index >= 15 is 0 Å². The van der Waals surface area contributed by atoms with Crippen molar-refractivity contribution in [3.8, 4) is 11.5 Å². The van der Waals surface area contributed by atoms with Crippen molar-refractivity contribution >= 4 is 11.5 Å². The van der Waals surface area contributed by atoms with Crippen LogP contribution in [0.4, 0.5) is 0 Å². The summed E-state index contributed by atoms with van der Waals surface area (Å²) in [6.07, 6.45) is 11.9. The lowest BCUT2D eigenvalue weighted by Gasteiger charge is -2.13. The van der Waals surface area contributed by atoms with Crippen molar-refractivity contribution in [1.29, 1.82) is 0 Å². The molecule has 1 aromatic heterocycles. The third kappa shape index (κ3) is 7.85. The van der Waals surface area contributed by atoms with Gasteiger partial charge in [0.25, 0.3) is 0 Å². The Hall–Kier alpha value is -3.86. The first-order chi connectivity index (χ1) is 17.0. The molecule has 1 atom stereocenters. The van der Waals surface area contributed by atoms with Crippen LogP contribution in [-0.4, -0.2) is 31.2 Å². The lowest BCUT2D eigenvalue weighted by molar-refractivity contribution is -0.117. The van der Waals surface area contributed by atoms with E-state index in [9.17, 15) is 4.79 Å². The van der Waals surface area contributed by atoms with Crippen LogP contribution in [0.1, 0.15) is 42.0 Å². The van der Waals surface area contributed by atoms with Gasteiger partial charge in [-0.2, -0.15) is 0 Å². The van der Waals surface area contributed by atoms with E-state index in [4.69, 9.17) is 9.47 Å². The van der Waals surface area contributed by atoms with E-state index < -0.39 is 0 Å². The quantitative estimate of drug-likeness (QED) is 0.279. The summed E-state index contributed by atoms with van der Waals surface area (Å²) in [7, 11) is 3.30. The molecule has 3 rings (SSSR count). The monoisotopic (exact) mass is 470 g/mol. The fourth-order valence-electron chi connectivity index (χ4n) is 3.85. The summed E-state index contributed by atoms with van der Waals surface area (Å²) in [5.41, 5.74) is 5.58. The van der Waals surface area contributed by atoms with Crippen LogP contribution >= 0.6 is 0 Å². The van der Waals surface area contributed by atoms with Crippen molar-refractivity contribution < 1.29 is 14.3 Å². The fourth-order valence-corrected chi connectivity index (χ4v) is 3.85. The second kappa shape index (κ2) is 13.1. The molecule has 5 heteroatoms. The van der Waals surface area contributed by atoms with Crippen molar-refractivity contribution in [1.82, 2.24) is 10.3 Å². The molecule has 5 nitrogen and oxygen atoms in total. The molecule has 0 spiro atoms. The number of amides is 1. The molecule has 182 valence electrons. The number of aryl methyl sites for hydroxylation is 2. The summed E-state index contributed by atoms with van der Waals surface area (Å²) >= 11 is 0. The Bertz CT molecular complexity index is 1100. The normalized spacial score (nSPS) is 11.7. The maximum absolute atomic E-state index is 12.5. The van der Waals surface area contributed by atoms with Crippen LogP contribution in [0.15, 0.2) is 85.2 Å². The number of benzene rings is 2. The first kappa shape index (κ1) is 25.8. The van der Waals surface area contributed by atoms with E-state index in [0.717, 1.165) is 47.5 Å². The zero-order chi connectivity index (χ0) is 25.0. The Morgan fingerprint density at radius 1 is 0.971 bits per heavy atom. The van der Waals surface area contributed by atoms with Gasteiger partial charge in [0.05, 0.1) is 14.2 Å². The van der Waals surface area contributed by atoms with Crippen LogP contribution in [0.25, 0.3) is 5.57 Å². The first-order valence-corrected chi connectivity index (χ1v) is 11.9. The van der Waals surface area contributed by atoms with E-state index in [1.165, 1.54) is 11.1 Å². The maximum Gasteiger partial charge on any atom is 0.244 e. The largest absolute Gasteiger partial charge is 0.497 e. The topological polar surface area (TPSA) is 60.5 Å². The Kier molecular flexibility index (Phi) is 9.67. The SMILES string of the molecule is COc1ccc(C(=C/C=C/C(=O)N[C@H](C)CCCc2cnccc2C)c2ccc(OC)cc2)cc1. The predicted octanol–water partition coefficient (Wildman–Crippen LogP) is 5.92. The van der Waals surface area contributed by atoms with Gasteiger partial charge in [-0.1, -0.05) is 36.4 Å². The van der Waals surface area contributed by atoms with Gasteiger partial charge in [0, 0.05) is 24.5 Å². The van der Waals surface area contributed by atoms with E-state index in [2.05, 4.69) is 17.2 Å². The second-order valence-electron chi connectivity index (χ2n) is 8.50. The van der Waals surface area contributed by atoms with Gasteiger partial charge in [0.2, 0.25) is 5.91 Å². The van der Waals surface area contributed by atoms with E-state index in [0.29, 0.717) is 0 Å². The van der Waals surface area contributed by atoms with Crippen molar-refractivity contribution in [2.24, 2.45) is 0 Å². The van der Waals surface area contributed by atoms with Gasteiger partial charge in [-0.3, -0.25) is 9.78 Å². The van der Waals surface area contributed by atoms with Gasteiger partial charge < -0.3 is 14.8 Å². The van der Waals surface area contributed by atoms with Gasteiger partial charge in [-0.25, -0.2) is 0 Å². The summed E-state index contributed by atoms with van der Waals surface area (Å²) in [5, 5.41) is 3.06. The zero-order valence-corrected chi connectivity index (χ0v) is 21.0. The third-order valence-electron chi connectivity index (χ3n) is 5.93. The van der Waals surface area contributed by atoms with Gasteiger partial charge in [-0.05, 0) is 91.3 Å². The number of pyridine rings is 1. The molecule has 0 saturated heterocycles. The lowest BCUT2D eigenvalue weighted by atomic mass is 9.97. The molecule has 35 heavy (non-hydrogen) atoms. The Labute approximate surface area is 208 Å². The standard InChI is InChI=1S/C30H34N2O3/c1-22-19-20-31-21-26(22)8-5-7-23(2)32-30(33)10-6-9-29(24-11-15-27(34-3)16-12-24)25-13-17-28(35-4)18-14-25/h6,9-21,23H,5,7-8H2,1-4H3,(H,32,33)/b10-6+/t23-/m1/s1. The molecule has 1 amide bonds. The number of hydrogen-bond donors (Lipinski definition) is 1. The summed E-state index contributed by atoms with van der Waals surface area (Å²) in [6, 6.07) is 17.9. The number of ether oxygens (including phenoxy) is 2. The Morgan fingerprint density at radius 2 is 1.57 bits per heavy atom. The first-order valence-electron chi connectivity index (χ1n) is 11.9. The summed E-state index contributed by atoms with van der Waals surface area (Å²) in [6.45, 7) is 4.14. The Morgan fingerprint density at radius 3 is 2.11 bits per heavy atom. The zero-order valence-electron chi connectivity index (χ0n) is 21.0. The number of rotatable bonds is 11. The molecule has 3 aromatic rings. The van der Waals surface area contributed by atoms with E-state index in [1.54, 1.807) is 26.4 Å². The van der Waals surface area contributed by atoms with Gasteiger partial charge in [0.15, 0.2) is 0 Å². The van der Waals surface area contributed by atoms with Crippen LogP contribution in [-0.2, 0) is 11.2 Å². The summed E-state index contributed by atoms with van der Waals surface area (Å²) < 4.78 is 10.6. The average Bonchev–Trinajstić information content (AvgIpc) is 2.88. The molecule has 0 bridgehead atoms. The molecule has 0 aliphatic carbocycles. The minimum atomic E-state index is -0.102. The van der Waals surface area contributed by atoms with Crippen LogP contribution in [0.3, 0.4) is 0 Å². The minimum absolute atomic E-state index is 0.0933. The number of aromatic nitrogens is 1. The number of carbonyl (C=O) groups excluding carboxylic acids is 1. The van der Waals surface area contributed by atoms with Gasteiger partial charge in [-0.15, -0.1) is 0 Å². The molecule has 0 radical (unpaired) electrons. The van der Waals surface area contributed by atoms with Gasteiger partial charge >= 0.3 is 0 Å². The van der Waals surface area contributed by atoms with Crippen molar-refractivity contribution in [2.45, 2.75) is 39.2 Å². The molecule has 2 aromatic carbocycles. The highest BCUT2D eigenvalue weighted by atomic mass is 16.5. The molecule has 0 aliphatic rings. The minimum Gasteiger partial charge on any atom is -0.497 e. The van der Waals surface area contributed by atoms with Crippen LogP contribution in [0.5, 0.6) is 11.5 Å². The van der Waals surface area contributed by atoms with E-state index in [-0.39, 0.29) is 11.9 Å². The Balaban J connectivity index is 1.63. The van der Waals surface area contributed by atoms with Crippen LogP contribution in [0.2, 0.25) is 0 Å². The predicted molar refractivity (Wildman–Crippen MR) is 142 cm³/mol. The molecule has 0 unspecified atom stereocenters. The third-order valence-corrected chi connectivity index (χ3v) is 5.93. The number of carbonyl (C=O) groups is 1. The van der Waals surface area contributed by atoms with E-state index in [1.807, 2.05) is 80.0 Å². The number of nitrogens with zero attached hydrogens (tertiary/aromatic N) is 1. The van der Waals surface area contributed by atoms with Crippen LogP contribution in [0, 0.1) is 6.92 Å². The highest BCUT2D eigenvalue weighted by Gasteiger charge is 2.08. The number of allylic oxidation sites excluding steroid dienone is 2. The smallest absolute Gasteiger partial charge is 0.244 e. The maximum atomic E-state index is 12.5. The lowest BCUT2D eigenvalue weighted by Crippen LogP contribution is -2.31. The fraction of sp³-hybridized carbons (Fsp3) is 0.267. The number of nitrogens with one attached hydrogen (secondary N) is 1. The summed E-state index contributed by atoms with van der Waals surface area (Å²) in [4.78, 5) is 16.7. The molecule has 1 N–H and O–H groups in total. The average molecular weight is 471 g/mol. The molecule has 0 saturated carbocycles. The van der Waals surface area contributed by atoms with Crippen molar-refractivity contribution in [2.75, 3.05) is 14.2 Å². The second-order valence-corrected chi connectivity index (χ2v) is 8.50. The highest BCUT2D eigenvalue weighted by molar-refractivity contribution is 5.89.